The lowest BCUT2D eigenvalue weighted by Gasteiger charge is -2.17. The van der Waals surface area contributed by atoms with Crippen molar-refractivity contribution >= 4 is 34.5 Å². The normalized spacial score (nSPS) is 12.6. The van der Waals surface area contributed by atoms with Crippen LogP contribution in [0.1, 0.15) is 29.2 Å². The van der Waals surface area contributed by atoms with Crippen LogP contribution in [0.5, 0.6) is 0 Å². The van der Waals surface area contributed by atoms with Crippen LogP contribution in [0, 0.1) is 6.92 Å². The Morgan fingerprint density at radius 1 is 1.37 bits per heavy atom. The number of halogens is 2. The molecule has 0 saturated heterocycles. The molecule has 0 fully saturated rings. The molecule has 2 rings (SSSR count). The fraction of sp³-hybridized carbons (Fsp3) is 0.357. The number of likely N-dealkylation sites (N-methyl/N-ethyl adjacent to an activating group) is 1. The van der Waals surface area contributed by atoms with Crippen molar-refractivity contribution in [2.75, 3.05) is 6.54 Å². The number of benzene rings is 1. The first-order valence-electron chi connectivity index (χ1n) is 6.20. The Morgan fingerprint density at radius 2 is 2.16 bits per heavy atom. The van der Waals surface area contributed by atoms with E-state index in [0.29, 0.717) is 10.0 Å². The van der Waals surface area contributed by atoms with Crippen molar-refractivity contribution < 1.29 is 0 Å². The third-order valence-electron chi connectivity index (χ3n) is 2.90. The van der Waals surface area contributed by atoms with Crippen LogP contribution in [0.15, 0.2) is 23.6 Å². The van der Waals surface area contributed by atoms with E-state index in [0.717, 1.165) is 29.2 Å². The van der Waals surface area contributed by atoms with E-state index in [-0.39, 0.29) is 6.04 Å². The van der Waals surface area contributed by atoms with E-state index in [9.17, 15) is 0 Å². The highest BCUT2D eigenvalue weighted by Crippen LogP contribution is 2.29. The number of hydrogen-bond donors (Lipinski definition) is 1. The van der Waals surface area contributed by atoms with E-state index in [1.54, 1.807) is 11.3 Å². The average molecular weight is 315 g/mol. The van der Waals surface area contributed by atoms with E-state index >= 15 is 0 Å². The predicted octanol–water partition coefficient (Wildman–Crippen LogP) is 4.65. The number of rotatable bonds is 5. The molecule has 2 aromatic rings. The summed E-state index contributed by atoms with van der Waals surface area (Å²) in [5, 5.41) is 7.87. The van der Waals surface area contributed by atoms with Gasteiger partial charge in [0.2, 0.25) is 0 Å². The van der Waals surface area contributed by atoms with Crippen molar-refractivity contribution in [3.05, 3.63) is 49.9 Å². The molecular formula is C14H16Cl2N2S. The minimum absolute atomic E-state index is 0.172. The summed E-state index contributed by atoms with van der Waals surface area (Å²) in [7, 11) is 0. The zero-order chi connectivity index (χ0) is 13.8. The maximum Gasteiger partial charge on any atom is 0.0898 e. The molecular weight excluding hydrogens is 299 g/mol. The maximum atomic E-state index is 6.25. The quantitative estimate of drug-likeness (QED) is 0.868. The van der Waals surface area contributed by atoms with Gasteiger partial charge in [-0.25, -0.2) is 4.98 Å². The minimum atomic E-state index is 0.172. The summed E-state index contributed by atoms with van der Waals surface area (Å²) in [6, 6.07) is 5.92. The van der Waals surface area contributed by atoms with E-state index in [4.69, 9.17) is 23.2 Å². The second-order valence-corrected chi connectivity index (χ2v) is 6.17. The summed E-state index contributed by atoms with van der Waals surface area (Å²) < 4.78 is 0. The summed E-state index contributed by atoms with van der Waals surface area (Å²) in [4.78, 5) is 4.56. The standard InChI is InChI=1S/C14H16Cl2N2S/c1-3-17-12(13-8-19-9(2)18-13)7-10-5-4-6-11(15)14(10)16/h4-6,8,12,17H,3,7H2,1-2H3. The van der Waals surface area contributed by atoms with Crippen molar-refractivity contribution in [2.45, 2.75) is 26.3 Å². The molecule has 0 saturated carbocycles. The molecule has 0 bridgehead atoms. The minimum Gasteiger partial charge on any atom is -0.309 e. The summed E-state index contributed by atoms with van der Waals surface area (Å²) in [6.07, 6.45) is 0.788. The van der Waals surface area contributed by atoms with Crippen LogP contribution in [0.3, 0.4) is 0 Å². The fourth-order valence-electron chi connectivity index (χ4n) is 1.99. The highest BCUT2D eigenvalue weighted by atomic mass is 35.5. The van der Waals surface area contributed by atoms with Crippen LogP contribution in [-0.2, 0) is 6.42 Å². The first kappa shape index (κ1) is 14.8. The molecule has 1 aromatic heterocycles. The van der Waals surface area contributed by atoms with Gasteiger partial charge in [0.1, 0.15) is 0 Å². The summed E-state index contributed by atoms with van der Waals surface area (Å²) >= 11 is 14.0. The van der Waals surface area contributed by atoms with Crippen molar-refractivity contribution in [2.24, 2.45) is 0 Å². The summed E-state index contributed by atoms with van der Waals surface area (Å²) in [6.45, 7) is 4.99. The van der Waals surface area contributed by atoms with Crippen LogP contribution in [-0.4, -0.2) is 11.5 Å². The summed E-state index contributed by atoms with van der Waals surface area (Å²) in [5.41, 5.74) is 2.12. The molecule has 102 valence electrons. The van der Waals surface area contributed by atoms with Crippen LogP contribution in [0.25, 0.3) is 0 Å². The van der Waals surface area contributed by atoms with E-state index in [1.807, 2.05) is 25.1 Å². The highest BCUT2D eigenvalue weighted by Gasteiger charge is 2.16. The second-order valence-electron chi connectivity index (χ2n) is 4.32. The van der Waals surface area contributed by atoms with Crippen LogP contribution in [0.2, 0.25) is 10.0 Å². The van der Waals surface area contributed by atoms with E-state index in [2.05, 4.69) is 22.6 Å². The smallest absolute Gasteiger partial charge is 0.0898 e. The molecule has 0 aliphatic heterocycles. The molecule has 2 nitrogen and oxygen atoms in total. The fourth-order valence-corrected chi connectivity index (χ4v) is 3.06. The van der Waals surface area contributed by atoms with Gasteiger partial charge >= 0.3 is 0 Å². The number of nitrogens with one attached hydrogen (secondary N) is 1. The van der Waals surface area contributed by atoms with Crippen LogP contribution >= 0.6 is 34.5 Å². The largest absolute Gasteiger partial charge is 0.309 e. The Balaban J connectivity index is 2.23. The Labute approximate surface area is 127 Å². The lowest BCUT2D eigenvalue weighted by atomic mass is 10.0. The lowest BCUT2D eigenvalue weighted by molar-refractivity contribution is 0.538. The molecule has 1 N–H and O–H groups in total. The molecule has 0 spiro atoms. The number of hydrogen-bond acceptors (Lipinski definition) is 3. The van der Waals surface area contributed by atoms with E-state index in [1.165, 1.54) is 0 Å². The Kier molecular flexibility index (Phi) is 5.22. The Bertz CT molecular complexity index is 554. The Morgan fingerprint density at radius 3 is 2.79 bits per heavy atom. The molecule has 0 radical (unpaired) electrons. The van der Waals surface area contributed by atoms with Gasteiger partial charge in [-0.05, 0) is 31.5 Å². The van der Waals surface area contributed by atoms with Crippen LogP contribution < -0.4 is 5.32 Å². The van der Waals surface area contributed by atoms with Gasteiger partial charge in [-0.3, -0.25) is 0 Å². The molecule has 0 aliphatic carbocycles. The van der Waals surface area contributed by atoms with Gasteiger partial charge in [-0.1, -0.05) is 42.3 Å². The van der Waals surface area contributed by atoms with Gasteiger partial charge in [-0.2, -0.15) is 0 Å². The molecule has 1 unspecified atom stereocenters. The monoisotopic (exact) mass is 314 g/mol. The van der Waals surface area contributed by atoms with E-state index < -0.39 is 0 Å². The zero-order valence-electron chi connectivity index (χ0n) is 10.9. The van der Waals surface area contributed by atoms with Crippen LogP contribution in [0.4, 0.5) is 0 Å². The Hall–Kier alpha value is -0.610. The first-order chi connectivity index (χ1) is 9.11. The van der Waals surface area contributed by atoms with Gasteiger partial charge in [0.05, 0.1) is 26.8 Å². The van der Waals surface area contributed by atoms with Gasteiger partial charge in [-0.15, -0.1) is 11.3 Å². The maximum absolute atomic E-state index is 6.25. The highest BCUT2D eigenvalue weighted by molar-refractivity contribution is 7.09. The van der Waals surface area contributed by atoms with Gasteiger partial charge < -0.3 is 5.32 Å². The molecule has 5 heteroatoms. The number of thiazole rings is 1. The molecule has 1 heterocycles. The van der Waals surface area contributed by atoms with Crippen molar-refractivity contribution in [3.8, 4) is 0 Å². The molecule has 0 aliphatic rings. The second kappa shape index (κ2) is 6.71. The summed E-state index contributed by atoms with van der Waals surface area (Å²) in [5.74, 6) is 0. The van der Waals surface area contributed by atoms with Gasteiger partial charge in [0.15, 0.2) is 0 Å². The molecule has 19 heavy (non-hydrogen) atoms. The zero-order valence-corrected chi connectivity index (χ0v) is 13.2. The molecule has 1 atom stereocenters. The SMILES string of the molecule is CCNC(Cc1cccc(Cl)c1Cl)c1csc(C)n1. The van der Waals surface area contributed by atoms with Gasteiger partial charge in [0.25, 0.3) is 0 Å². The molecule has 1 aromatic carbocycles. The average Bonchev–Trinajstić information content (AvgIpc) is 2.81. The first-order valence-corrected chi connectivity index (χ1v) is 7.83. The lowest BCUT2D eigenvalue weighted by Crippen LogP contribution is -2.23. The number of nitrogens with zero attached hydrogens (tertiary/aromatic N) is 1. The van der Waals surface area contributed by atoms with Crippen molar-refractivity contribution in [1.29, 1.82) is 0 Å². The predicted molar refractivity (Wildman–Crippen MR) is 83.4 cm³/mol. The van der Waals surface area contributed by atoms with Gasteiger partial charge in [0, 0.05) is 5.38 Å². The number of aryl methyl sites for hydroxylation is 1. The molecule has 0 amide bonds. The third kappa shape index (κ3) is 3.69. The topological polar surface area (TPSA) is 24.9 Å². The number of aromatic nitrogens is 1. The third-order valence-corrected chi connectivity index (χ3v) is 4.55. The van der Waals surface area contributed by atoms with Crippen molar-refractivity contribution in [3.63, 3.8) is 0 Å². The van der Waals surface area contributed by atoms with Crippen molar-refractivity contribution in [1.82, 2.24) is 10.3 Å².